The van der Waals surface area contributed by atoms with Gasteiger partial charge < -0.3 is 33.2 Å². The number of benzene rings is 2. The van der Waals surface area contributed by atoms with Crippen molar-refractivity contribution in [2.45, 2.75) is 195 Å². The second-order valence-corrected chi connectivity index (χ2v) is 15.8. The fourth-order valence-corrected chi connectivity index (χ4v) is 7.02. The first kappa shape index (κ1) is 52.1. The average molecular weight is 823 g/mol. The SMILES string of the molecule is CCCCCCCCCCC(OCCC)=C(OCCC)C(OCOCOC(C(OCCC)=C(CCCCCCCCCC)OCCC)c1ccccc1)c1ccccc1. The minimum absolute atomic E-state index is 0.00514. The molecule has 2 aromatic rings. The van der Waals surface area contributed by atoms with E-state index in [1.54, 1.807) is 0 Å². The highest BCUT2D eigenvalue weighted by molar-refractivity contribution is 5.27. The molecule has 0 fully saturated rings. The molecule has 0 saturated carbocycles. The van der Waals surface area contributed by atoms with Crippen LogP contribution in [-0.4, -0.2) is 40.0 Å². The van der Waals surface area contributed by atoms with Gasteiger partial charge in [-0.25, -0.2) is 0 Å². The molecule has 2 atom stereocenters. The number of hydrogen-bond acceptors (Lipinski definition) is 7. The normalized spacial score (nSPS) is 13.4. The van der Waals surface area contributed by atoms with Crippen LogP contribution in [0.1, 0.15) is 206 Å². The summed E-state index contributed by atoms with van der Waals surface area (Å²) in [5.41, 5.74) is 1.99. The van der Waals surface area contributed by atoms with Crippen molar-refractivity contribution in [2.75, 3.05) is 40.0 Å². The molecule has 0 radical (unpaired) electrons. The Morgan fingerprint density at radius 3 is 1.03 bits per heavy atom. The lowest BCUT2D eigenvalue weighted by Crippen LogP contribution is -2.19. The summed E-state index contributed by atoms with van der Waals surface area (Å²) in [4.78, 5) is 0. The van der Waals surface area contributed by atoms with E-state index >= 15 is 0 Å². The van der Waals surface area contributed by atoms with Gasteiger partial charge in [0.05, 0.1) is 26.4 Å². The molecule has 0 saturated heterocycles. The van der Waals surface area contributed by atoms with Crippen LogP contribution in [0.4, 0.5) is 0 Å². The highest BCUT2D eigenvalue weighted by Gasteiger charge is 2.27. The zero-order valence-electron chi connectivity index (χ0n) is 38.6. The minimum Gasteiger partial charge on any atom is -0.494 e. The van der Waals surface area contributed by atoms with E-state index in [0.29, 0.717) is 26.4 Å². The molecule has 0 heterocycles. The van der Waals surface area contributed by atoms with E-state index in [-0.39, 0.29) is 13.6 Å². The Morgan fingerprint density at radius 2 is 0.695 bits per heavy atom. The topological polar surface area (TPSA) is 64.6 Å². The van der Waals surface area contributed by atoms with E-state index in [1.165, 1.54) is 89.9 Å². The second-order valence-electron chi connectivity index (χ2n) is 15.8. The zero-order chi connectivity index (χ0) is 42.4. The molecule has 0 spiro atoms. The maximum atomic E-state index is 6.62. The first-order valence-corrected chi connectivity index (χ1v) is 24.0. The van der Waals surface area contributed by atoms with Crippen LogP contribution in [0.15, 0.2) is 83.7 Å². The molecular weight excluding hydrogens is 737 g/mol. The number of rotatable bonds is 40. The van der Waals surface area contributed by atoms with Crippen molar-refractivity contribution in [1.82, 2.24) is 0 Å². The minimum atomic E-state index is -0.488. The van der Waals surface area contributed by atoms with Crippen LogP contribution in [0, 0.1) is 0 Å². The lowest BCUT2D eigenvalue weighted by atomic mass is 10.0. The third kappa shape index (κ3) is 23.5. The van der Waals surface area contributed by atoms with Gasteiger partial charge in [0.1, 0.15) is 23.7 Å². The predicted octanol–water partition coefficient (Wildman–Crippen LogP) is 15.6. The first-order valence-electron chi connectivity index (χ1n) is 24.0. The number of ether oxygens (including phenoxy) is 7. The van der Waals surface area contributed by atoms with Gasteiger partial charge >= 0.3 is 0 Å². The van der Waals surface area contributed by atoms with E-state index < -0.39 is 12.2 Å². The van der Waals surface area contributed by atoms with E-state index in [1.807, 2.05) is 36.4 Å². The smallest absolute Gasteiger partial charge is 0.167 e. The molecule has 0 amide bonds. The summed E-state index contributed by atoms with van der Waals surface area (Å²) >= 11 is 0. The molecule has 0 N–H and O–H groups in total. The van der Waals surface area contributed by atoms with E-state index in [0.717, 1.165) is 85.5 Å². The fourth-order valence-electron chi connectivity index (χ4n) is 7.02. The summed E-state index contributed by atoms with van der Waals surface area (Å²) in [6.07, 6.45) is 24.4. The van der Waals surface area contributed by atoms with Crippen molar-refractivity contribution < 1.29 is 33.2 Å². The Labute approximate surface area is 362 Å². The van der Waals surface area contributed by atoms with Gasteiger partial charge in [-0.1, -0.05) is 192 Å². The summed E-state index contributed by atoms with van der Waals surface area (Å²) in [5.74, 6) is 3.27. The highest BCUT2D eigenvalue weighted by atomic mass is 16.7. The van der Waals surface area contributed by atoms with Gasteiger partial charge in [-0.3, -0.25) is 0 Å². The van der Waals surface area contributed by atoms with Gasteiger partial charge in [0.15, 0.2) is 25.1 Å². The van der Waals surface area contributed by atoms with Crippen molar-refractivity contribution in [3.63, 3.8) is 0 Å². The Kier molecular flexibility index (Phi) is 32.5. The van der Waals surface area contributed by atoms with E-state index in [2.05, 4.69) is 65.8 Å². The largest absolute Gasteiger partial charge is 0.494 e. The molecule has 7 heteroatoms. The van der Waals surface area contributed by atoms with Crippen LogP contribution in [-0.2, 0) is 33.2 Å². The summed E-state index contributed by atoms with van der Waals surface area (Å²) in [7, 11) is 0. The van der Waals surface area contributed by atoms with Gasteiger partial charge in [-0.05, 0) is 49.7 Å². The third-order valence-electron chi connectivity index (χ3n) is 10.3. The van der Waals surface area contributed by atoms with Crippen LogP contribution in [0.25, 0.3) is 0 Å². The summed E-state index contributed by atoms with van der Waals surface area (Å²) in [6.45, 7) is 15.5. The Bertz CT molecular complexity index is 1200. The molecule has 2 rings (SSSR count). The zero-order valence-corrected chi connectivity index (χ0v) is 38.6. The molecule has 59 heavy (non-hydrogen) atoms. The summed E-state index contributed by atoms with van der Waals surface area (Å²) in [6, 6.07) is 20.6. The van der Waals surface area contributed by atoms with Crippen LogP contribution in [0.5, 0.6) is 0 Å². The van der Waals surface area contributed by atoms with Crippen molar-refractivity contribution in [3.8, 4) is 0 Å². The van der Waals surface area contributed by atoms with Crippen molar-refractivity contribution in [3.05, 3.63) is 94.8 Å². The monoisotopic (exact) mass is 823 g/mol. The molecule has 0 aromatic heterocycles. The number of hydrogen-bond donors (Lipinski definition) is 0. The maximum absolute atomic E-state index is 6.62. The Balaban J connectivity index is 2.29. The number of unbranched alkanes of at least 4 members (excludes halogenated alkanes) is 14. The highest BCUT2D eigenvalue weighted by Crippen LogP contribution is 2.34. The van der Waals surface area contributed by atoms with Gasteiger partial charge in [0, 0.05) is 12.8 Å². The molecule has 0 bridgehead atoms. The maximum Gasteiger partial charge on any atom is 0.167 e. The van der Waals surface area contributed by atoms with Gasteiger partial charge in [0.2, 0.25) is 0 Å². The van der Waals surface area contributed by atoms with Crippen LogP contribution >= 0.6 is 0 Å². The van der Waals surface area contributed by atoms with Crippen molar-refractivity contribution >= 4 is 0 Å². The Morgan fingerprint density at radius 1 is 0.373 bits per heavy atom. The summed E-state index contributed by atoms with van der Waals surface area (Å²) in [5, 5.41) is 0. The van der Waals surface area contributed by atoms with Gasteiger partial charge in [-0.2, -0.15) is 0 Å². The van der Waals surface area contributed by atoms with Crippen molar-refractivity contribution in [2.24, 2.45) is 0 Å². The molecule has 2 aromatic carbocycles. The third-order valence-corrected chi connectivity index (χ3v) is 10.3. The lowest BCUT2D eigenvalue weighted by Gasteiger charge is -2.26. The van der Waals surface area contributed by atoms with Gasteiger partial charge in [-0.15, -0.1) is 0 Å². The second kappa shape index (κ2) is 36.8. The molecule has 7 nitrogen and oxygen atoms in total. The molecule has 0 aliphatic carbocycles. The fraction of sp³-hybridized carbons (Fsp3) is 0.692. The number of allylic oxidation sites excluding steroid dienone is 2. The van der Waals surface area contributed by atoms with Gasteiger partial charge in [0.25, 0.3) is 0 Å². The standard InChI is InChI=1S/C52H86O7/c1-7-13-15-17-19-21-23-31-37-47(54-39-9-3)51(56-41-11-5)49(45-33-27-25-28-34-45)58-43-53-44-59-50(46-35-29-26-30-36-46)52(57-42-12-6)48(55-40-10-4)38-32-24-22-20-18-16-14-8-2/h25-30,33-36,49-50H,7-24,31-32,37-44H2,1-6H3. The predicted molar refractivity (Wildman–Crippen MR) is 245 cm³/mol. The molecule has 0 aliphatic heterocycles. The van der Waals surface area contributed by atoms with Crippen LogP contribution < -0.4 is 0 Å². The Hall–Kier alpha value is -3.00. The first-order chi connectivity index (χ1) is 29.1. The molecule has 336 valence electrons. The average Bonchev–Trinajstić information content (AvgIpc) is 3.27. The molecule has 2 unspecified atom stereocenters. The lowest BCUT2D eigenvalue weighted by molar-refractivity contribution is -0.167. The summed E-state index contributed by atoms with van der Waals surface area (Å²) < 4.78 is 45.5. The molecular formula is C52H86O7. The van der Waals surface area contributed by atoms with Crippen molar-refractivity contribution in [1.29, 1.82) is 0 Å². The molecule has 0 aliphatic rings. The van der Waals surface area contributed by atoms with Crippen LogP contribution in [0.3, 0.4) is 0 Å². The quantitative estimate of drug-likeness (QED) is 0.0377. The van der Waals surface area contributed by atoms with E-state index in [4.69, 9.17) is 33.2 Å². The van der Waals surface area contributed by atoms with Crippen LogP contribution in [0.2, 0.25) is 0 Å². The van der Waals surface area contributed by atoms with E-state index in [9.17, 15) is 0 Å².